The summed E-state index contributed by atoms with van der Waals surface area (Å²) in [7, 11) is 0. The minimum Gasteiger partial charge on any atom is -0.470 e. The van der Waals surface area contributed by atoms with Crippen LogP contribution in [0.15, 0.2) is 104 Å². The summed E-state index contributed by atoms with van der Waals surface area (Å²) < 4.78 is 18.6. The maximum atomic E-state index is 6.21. The fourth-order valence-corrected chi connectivity index (χ4v) is 3.85. The first kappa shape index (κ1) is 15.4. The molecule has 3 aromatic carbocycles. The zero-order chi connectivity index (χ0) is 18.5. The maximum absolute atomic E-state index is 6.21. The van der Waals surface area contributed by atoms with Gasteiger partial charge in [-0.3, -0.25) is 0 Å². The molecule has 0 unspecified atom stereocenters. The van der Waals surface area contributed by atoms with Crippen molar-refractivity contribution in [3.63, 3.8) is 0 Å². The number of rotatable bonds is 3. The van der Waals surface area contributed by atoms with E-state index in [-0.39, 0.29) is 6.71 Å². The van der Waals surface area contributed by atoms with Gasteiger partial charge < -0.3 is 13.3 Å². The Balaban J connectivity index is 1.60. The Kier molecular flexibility index (Phi) is 3.26. The molecule has 0 fully saturated rings. The summed E-state index contributed by atoms with van der Waals surface area (Å²) in [5.74, 6) is 0. The van der Waals surface area contributed by atoms with E-state index in [4.69, 9.17) is 13.3 Å². The third kappa shape index (κ3) is 2.38. The summed E-state index contributed by atoms with van der Waals surface area (Å²) in [6.45, 7) is -0.257. The Morgan fingerprint density at radius 2 is 0.750 bits per heavy atom. The molecule has 132 valence electrons. The normalized spacial score (nSPS) is 11.6. The minimum atomic E-state index is -0.257. The smallest absolute Gasteiger partial charge is 0.374 e. The Labute approximate surface area is 161 Å². The molecule has 28 heavy (non-hydrogen) atoms. The Morgan fingerprint density at radius 1 is 0.429 bits per heavy atom. The summed E-state index contributed by atoms with van der Waals surface area (Å²) in [5, 5.41) is 3.19. The van der Waals surface area contributed by atoms with E-state index in [9.17, 15) is 0 Å². The van der Waals surface area contributed by atoms with Crippen molar-refractivity contribution in [3.8, 4) is 0 Å². The van der Waals surface area contributed by atoms with Crippen LogP contribution in [0.3, 0.4) is 0 Å². The molecule has 0 aliphatic rings. The van der Waals surface area contributed by atoms with Gasteiger partial charge in [0.05, 0.1) is 17.0 Å². The molecule has 4 heteroatoms. The molecule has 0 atom stereocenters. The lowest BCUT2D eigenvalue weighted by molar-refractivity contribution is 0.626. The van der Waals surface area contributed by atoms with Gasteiger partial charge in [0, 0.05) is 16.2 Å². The van der Waals surface area contributed by atoms with Gasteiger partial charge in [0.15, 0.2) is 0 Å². The highest BCUT2D eigenvalue weighted by Crippen LogP contribution is 2.18. The molecule has 0 amide bonds. The number of hydrogen-bond acceptors (Lipinski definition) is 3. The second kappa shape index (κ2) is 5.93. The largest absolute Gasteiger partial charge is 0.470 e. The minimum absolute atomic E-state index is 0.257. The van der Waals surface area contributed by atoms with Crippen LogP contribution < -0.4 is 17.0 Å². The average molecular weight is 362 g/mol. The first-order chi connectivity index (χ1) is 13.8. The lowest BCUT2D eigenvalue weighted by Crippen LogP contribution is -2.50. The van der Waals surface area contributed by atoms with E-state index in [0.29, 0.717) is 0 Å². The van der Waals surface area contributed by atoms with Crippen molar-refractivity contribution in [2.75, 3.05) is 0 Å². The SMILES string of the molecule is c1ccc2oc(B(c3cc4ccccc4o3)c3cc4ccccc4o3)cc2c1. The highest BCUT2D eigenvalue weighted by atomic mass is 16.4. The highest BCUT2D eigenvalue weighted by molar-refractivity contribution is 6.93. The van der Waals surface area contributed by atoms with E-state index in [1.807, 2.05) is 54.6 Å². The Morgan fingerprint density at radius 3 is 1.07 bits per heavy atom. The topological polar surface area (TPSA) is 39.4 Å². The van der Waals surface area contributed by atoms with Gasteiger partial charge in [0.25, 0.3) is 0 Å². The molecule has 0 saturated carbocycles. The number of hydrogen-bond donors (Lipinski definition) is 0. The average Bonchev–Trinajstić information content (AvgIpc) is 3.44. The zero-order valence-corrected chi connectivity index (χ0v) is 15.0. The van der Waals surface area contributed by atoms with Crippen LogP contribution in [-0.4, -0.2) is 6.71 Å². The molecule has 3 heterocycles. The highest BCUT2D eigenvalue weighted by Gasteiger charge is 2.33. The summed E-state index contributed by atoms with van der Waals surface area (Å²) in [4.78, 5) is 0. The molecule has 0 aliphatic heterocycles. The zero-order valence-electron chi connectivity index (χ0n) is 15.0. The number of benzene rings is 3. The van der Waals surface area contributed by atoms with Gasteiger partial charge in [0.2, 0.25) is 0 Å². The molecular weight excluding hydrogens is 347 g/mol. The van der Waals surface area contributed by atoms with E-state index in [2.05, 4.69) is 36.4 Å². The quantitative estimate of drug-likeness (QED) is 0.437. The molecule has 6 rings (SSSR count). The first-order valence-corrected chi connectivity index (χ1v) is 9.30. The molecule has 6 aromatic rings. The van der Waals surface area contributed by atoms with Crippen LogP contribution >= 0.6 is 0 Å². The van der Waals surface area contributed by atoms with Crippen LogP contribution in [0.25, 0.3) is 32.9 Å². The standard InChI is InChI=1S/C24H15BO3/c1-4-10-19-16(7-1)13-22(26-19)25(23-14-17-8-2-5-11-20(17)27-23)24-15-18-9-3-6-12-21(18)28-24/h1-15H. The second-order valence-electron chi connectivity index (χ2n) is 6.99. The molecule has 0 aliphatic carbocycles. The predicted molar refractivity (Wildman–Crippen MR) is 113 cm³/mol. The van der Waals surface area contributed by atoms with Gasteiger partial charge in [-0.15, -0.1) is 0 Å². The van der Waals surface area contributed by atoms with Crippen molar-refractivity contribution in [2.24, 2.45) is 0 Å². The van der Waals surface area contributed by atoms with Crippen LogP contribution in [0.1, 0.15) is 0 Å². The molecule has 0 spiro atoms. The van der Waals surface area contributed by atoms with E-state index in [1.54, 1.807) is 0 Å². The van der Waals surface area contributed by atoms with Crippen molar-refractivity contribution >= 4 is 56.6 Å². The molecular formula is C24H15BO3. The lowest BCUT2D eigenvalue weighted by Gasteiger charge is -2.04. The number of para-hydroxylation sites is 3. The van der Waals surface area contributed by atoms with E-state index in [0.717, 1.165) is 49.9 Å². The molecule has 3 aromatic heterocycles. The van der Waals surface area contributed by atoms with Crippen LogP contribution in [-0.2, 0) is 0 Å². The second-order valence-corrected chi connectivity index (χ2v) is 6.99. The predicted octanol–water partition coefficient (Wildman–Crippen LogP) is 4.44. The summed E-state index contributed by atoms with van der Waals surface area (Å²) >= 11 is 0. The van der Waals surface area contributed by atoms with Gasteiger partial charge in [-0.25, -0.2) is 0 Å². The van der Waals surface area contributed by atoms with Crippen molar-refractivity contribution in [1.29, 1.82) is 0 Å². The third-order valence-corrected chi connectivity index (χ3v) is 5.19. The van der Waals surface area contributed by atoms with Crippen LogP contribution in [0.2, 0.25) is 0 Å². The summed E-state index contributed by atoms with van der Waals surface area (Å²) in [5.41, 5.74) is 4.98. The van der Waals surface area contributed by atoms with Crippen LogP contribution in [0.5, 0.6) is 0 Å². The van der Waals surface area contributed by atoms with Gasteiger partial charge >= 0.3 is 6.71 Å². The van der Waals surface area contributed by atoms with Crippen LogP contribution in [0.4, 0.5) is 0 Å². The third-order valence-electron chi connectivity index (χ3n) is 5.19. The molecule has 0 saturated heterocycles. The van der Waals surface area contributed by atoms with Gasteiger partial charge in [-0.2, -0.15) is 0 Å². The van der Waals surface area contributed by atoms with Crippen molar-refractivity contribution in [3.05, 3.63) is 91.0 Å². The molecule has 3 nitrogen and oxygen atoms in total. The van der Waals surface area contributed by atoms with E-state index >= 15 is 0 Å². The number of fused-ring (bicyclic) bond motifs is 3. The van der Waals surface area contributed by atoms with Crippen LogP contribution in [0, 0.1) is 0 Å². The van der Waals surface area contributed by atoms with E-state index < -0.39 is 0 Å². The summed E-state index contributed by atoms with van der Waals surface area (Å²) in [6.07, 6.45) is 0. The molecule has 0 bridgehead atoms. The van der Waals surface area contributed by atoms with Crippen molar-refractivity contribution in [1.82, 2.24) is 0 Å². The maximum Gasteiger partial charge on any atom is 0.374 e. The lowest BCUT2D eigenvalue weighted by atomic mass is 9.44. The van der Waals surface area contributed by atoms with Gasteiger partial charge in [-0.05, 0) is 36.4 Å². The molecule has 0 radical (unpaired) electrons. The van der Waals surface area contributed by atoms with Crippen molar-refractivity contribution < 1.29 is 13.3 Å². The number of furan rings is 3. The fourth-order valence-electron chi connectivity index (χ4n) is 3.85. The van der Waals surface area contributed by atoms with Gasteiger partial charge in [0.1, 0.15) is 16.7 Å². The first-order valence-electron chi connectivity index (χ1n) is 9.30. The van der Waals surface area contributed by atoms with E-state index in [1.165, 1.54) is 0 Å². The Hall–Kier alpha value is -3.66. The summed E-state index contributed by atoms with van der Waals surface area (Å²) in [6, 6.07) is 30.3. The molecule has 0 N–H and O–H groups in total. The van der Waals surface area contributed by atoms with Crippen molar-refractivity contribution in [2.45, 2.75) is 0 Å². The van der Waals surface area contributed by atoms with Gasteiger partial charge in [-0.1, -0.05) is 54.6 Å². The monoisotopic (exact) mass is 362 g/mol. The Bertz CT molecular complexity index is 1160. The fraction of sp³-hybridized carbons (Fsp3) is 0.